The van der Waals surface area contributed by atoms with Gasteiger partial charge in [-0.15, -0.1) is 23.1 Å². The van der Waals surface area contributed by atoms with Crippen molar-refractivity contribution in [2.45, 2.75) is 62.8 Å². The molecule has 1 aromatic carbocycles. The average Bonchev–Trinajstić information content (AvgIpc) is 3.20. The van der Waals surface area contributed by atoms with E-state index >= 15 is 0 Å². The zero-order valence-corrected chi connectivity index (χ0v) is 24.4. The summed E-state index contributed by atoms with van der Waals surface area (Å²) in [4.78, 5) is 35.1. The van der Waals surface area contributed by atoms with Crippen LogP contribution in [0.2, 0.25) is 5.02 Å². The highest BCUT2D eigenvalue weighted by atomic mass is 35.5. The van der Waals surface area contributed by atoms with Crippen LogP contribution in [0.4, 0.5) is 19.0 Å². The number of carbonyl (C=O) groups excluding carboxylic acids is 1. The Kier molecular flexibility index (Phi) is 6.78. The number of hydrogen-bond donors (Lipinski definition) is 0. The molecule has 0 N–H and O–H groups in total. The van der Waals surface area contributed by atoms with Gasteiger partial charge in [0.05, 0.1) is 16.1 Å². The highest BCUT2D eigenvalue weighted by Crippen LogP contribution is 2.54. The molecule has 6 nitrogen and oxygen atoms in total. The molecule has 212 valence electrons. The van der Waals surface area contributed by atoms with Gasteiger partial charge in [0.1, 0.15) is 5.82 Å². The second kappa shape index (κ2) is 9.80. The number of anilines is 1. The van der Waals surface area contributed by atoms with Crippen LogP contribution in [0, 0.1) is 5.41 Å². The van der Waals surface area contributed by atoms with E-state index in [-0.39, 0.29) is 34.8 Å². The largest absolute Gasteiger partial charge is 0.417 e. The highest BCUT2D eigenvalue weighted by Gasteiger charge is 2.44. The molecule has 1 aliphatic carbocycles. The third-order valence-electron chi connectivity index (χ3n) is 8.40. The second-order valence-corrected chi connectivity index (χ2v) is 13.5. The van der Waals surface area contributed by atoms with E-state index in [4.69, 9.17) is 11.6 Å². The van der Waals surface area contributed by atoms with Gasteiger partial charge < -0.3 is 9.80 Å². The highest BCUT2D eigenvalue weighted by molar-refractivity contribution is 7.99. The van der Waals surface area contributed by atoms with Gasteiger partial charge in [-0.1, -0.05) is 24.6 Å². The molecule has 0 bridgehead atoms. The minimum absolute atomic E-state index is 0.0757. The smallest absolute Gasteiger partial charge is 0.352 e. The molecule has 2 aliphatic heterocycles. The van der Waals surface area contributed by atoms with Gasteiger partial charge in [-0.3, -0.25) is 9.36 Å². The fourth-order valence-electron chi connectivity index (χ4n) is 6.45. The van der Waals surface area contributed by atoms with Crippen molar-refractivity contribution >= 4 is 57.3 Å². The lowest BCUT2D eigenvalue weighted by molar-refractivity contribution is -0.137. The number of alkyl halides is 3. The van der Waals surface area contributed by atoms with Crippen LogP contribution in [0.25, 0.3) is 21.3 Å². The van der Waals surface area contributed by atoms with E-state index < -0.39 is 17.4 Å². The Morgan fingerprint density at radius 3 is 2.48 bits per heavy atom. The van der Waals surface area contributed by atoms with Gasteiger partial charge in [0, 0.05) is 63.6 Å². The Labute approximate surface area is 242 Å². The van der Waals surface area contributed by atoms with Gasteiger partial charge in [-0.2, -0.15) is 18.2 Å². The van der Waals surface area contributed by atoms with Crippen molar-refractivity contribution < 1.29 is 18.0 Å². The Hall–Kier alpha value is -2.50. The molecule has 3 aromatic rings. The number of halogens is 4. The first-order chi connectivity index (χ1) is 18.9. The van der Waals surface area contributed by atoms with Gasteiger partial charge in [-0.05, 0) is 50.3 Å². The Morgan fingerprint density at radius 1 is 1.23 bits per heavy atom. The number of rotatable bonds is 3. The van der Waals surface area contributed by atoms with Crippen LogP contribution in [-0.4, -0.2) is 51.3 Å². The van der Waals surface area contributed by atoms with Crippen molar-refractivity contribution in [2.75, 3.05) is 23.7 Å². The summed E-state index contributed by atoms with van der Waals surface area (Å²) in [6.45, 7) is 8.43. The summed E-state index contributed by atoms with van der Waals surface area (Å²) in [6, 6.07) is 2.21. The van der Waals surface area contributed by atoms with Gasteiger partial charge in [-0.25, -0.2) is 4.79 Å². The van der Waals surface area contributed by atoms with Crippen molar-refractivity contribution in [1.29, 1.82) is 0 Å². The first-order valence-corrected chi connectivity index (χ1v) is 15.4. The van der Waals surface area contributed by atoms with Crippen molar-refractivity contribution in [1.82, 2.24) is 14.5 Å². The fourth-order valence-corrected chi connectivity index (χ4v) is 9.21. The summed E-state index contributed by atoms with van der Waals surface area (Å²) in [5.41, 5.74) is -0.794. The SMILES string of the molecule is C=CC(=O)N1[C@H](C)CN(c2nc(=O)n3c4c(c(-c5cc(Cl)cs5)c(C(F)(F)F)cc24)SCC2(CCC2)C3)C[C@@H]1C. The quantitative estimate of drug-likeness (QED) is 0.310. The molecule has 1 saturated carbocycles. The molecule has 2 atom stereocenters. The van der Waals surface area contributed by atoms with Crippen molar-refractivity contribution in [3.05, 3.63) is 51.2 Å². The monoisotopic (exact) mass is 608 g/mol. The predicted molar refractivity (Wildman–Crippen MR) is 155 cm³/mol. The molecule has 12 heteroatoms. The summed E-state index contributed by atoms with van der Waals surface area (Å²) in [5.74, 6) is 0.651. The van der Waals surface area contributed by atoms with E-state index in [1.807, 2.05) is 18.7 Å². The van der Waals surface area contributed by atoms with Crippen LogP contribution in [0.3, 0.4) is 0 Å². The molecule has 2 aromatic heterocycles. The minimum atomic E-state index is -4.65. The maximum Gasteiger partial charge on any atom is 0.417 e. The molecular weight excluding hydrogens is 581 g/mol. The number of benzene rings is 1. The molecular formula is C28H28ClF3N4O2S2. The fraction of sp³-hybridized carbons (Fsp3) is 0.464. The molecule has 40 heavy (non-hydrogen) atoms. The maximum absolute atomic E-state index is 14.8. The van der Waals surface area contributed by atoms with Gasteiger partial charge in [0.15, 0.2) is 0 Å². The number of hydrogen-bond acceptors (Lipinski definition) is 6. The summed E-state index contributed by atoms with van der Waals surface area (Å²) >= 11 is 8.76. The summed E-state index contributed by atoms with van der Waals surface area (Å²) in [7, 11) is 0. The van der Waals surface area contributed by atoms with Crippen LogP contribution in [0.5, 0.6) is 0 Å². The number of piperazine rings is 1. The number of thioether (sulfide) groups is 1. The van der Waals surface area contributed by atoms with Gasteiger partial charge >= 0.3 is 11.9 Å². The Bertz CT molecular complexity index is 1580. The van der Waals surface area contributed by atoms with Crippen molar-refractivity contribution in [3.8, 4) is 10.4 Å². The standard InChI is InChI=1S/C28H28ClF3N4O2S2/c1-4-21(37)36-15(2)10-34(11-16(36)3)25-18-9-19(28(30,31)32)22(20-8-17(29)12-39-20)24-23(18)35(26(38)33-25)13-27(14-40-24)6-5-7-27/h4,8-9,12,15-16H,1,5-7,10-11,13-14H2,2-3H3/t15-,16+. The van der Waals surface area contributed by atoms with E-state index in [1.54, 1.807) is 20.9 Å². The Morgan fingerprint density at radius 2 is 1.93 bits per heavy atom. The molecule has 2 fully saturated rings. The van der Waals surface area contributed by atoms with Crippen LogP contribution in [-0.2, 0) is 17.5 Å². The van der Waals surface area contributed by atoms with Crippen LogP contribution in [0.1, 0.15) is 38.7 Å². The zero-order chi connectivity index (χ0) is 28.6. The predicted octanol–water partition coefficient (Wildman–Crippen LogP) is 6.68. The van der Waals surface area contributed by atoms with Gasteiger partial charge in [0.2, 0.25) is 5.91 Å². The third kappa shape index (κ3) is 4.44. The summed E-state index contributed by atoms with van der Waals surface area (Å²) < 4.78 is 46.0. The van der Waals surface area contributed by atoms with E-state index in [1.165, 1.54) is 29.2 Å². The van der Waals surface area contributed by atoms with Crippen molar-refractivity contribution in [3.63, 3.8) is 0 Å². The van der Waals surface area contributed by atoms with Crippen LogP contribution < -0.4 is 10.6 Å². The molecule has 0 unspecified atom stereocenters. The topological polar surface area (TPSA) is 58.4 Å². The molecule has 1 saturated heterocycles. The van der Waals surface area contributed by atoms with Crippen LogP contribution >= 0.6 is 34.7 Å². The Balaban J connectivity index is 1.63. The second-order valence-electron chi connectivity index (χ2n) is 11.2. The minimum Gasteiger partial charge on any atom is -0.352 e. The maximum atomic E-state index is 14.8. The first kappa shape index (κ1) is 27.7. The number of nitrogens with zero attached hydrogens (tertiary/aromatic N) is 4. The van der Waals surface area contributed by atoms with E-state index in [9.17, 15) is 22.8 Å². The molecule has 1 amide bonds. The number of aromatic nitrogens is 2. The lowest BCUT2D eigenvalue weighted by Gasteiger charge is -2.45. The normalized spacial score (nSPS) is 22.4. The summed E-state index contributed by atoms with van der Waals surface area (Å²) in [5, 5.41) is 2.30. The molecule has 1 spiro atoms. The number of carbonyl (C=O) groups is 1. The van der Waals surface area contributed by atoms with E-state index in [0.717, 1.165) is 25.3 Å². The molecule has 0 radical (unpaired) electrons. The lowest BCUT2D eigenvalue weighted by Crippen LogP contribution is -2.58. The van der Waals surface area contributed by atoms with Gasteiger partial charge in [0.25, 0.3) is 0 Å². The van der Waals surface area contributed by atoms with E-state index in [2.05, 4.69) is 11.6 Å². The third-order valence-corrected chi connectivity index (χ3v) is 11.1. The molecule has 3 aliphatic rings. The van der Waals surface area contributed by atoms with Crippen molar-refractivity contribution in [2.24, 2.45) is 5.41 Å². The molecule has 6 rings (SSSR count). The molecule has 4 heterocycles. The summed E-state index contributed by atoms with van der Waals surface area (Å²) in [6.07, 6.45) is -0.508. The number of thiophene rings is 1. The lowest BCUT2D eigenvalue weighted by atomic mass is 9.70. The van der Waals surface area contributed by atoms with E-state index in [0.29, 0.717) is 51.1 Å². The number of amides is 1. The first-order valence-electron chi connectivity index (χ1n) is 13.2. The zero-order valence-electron chi connectivity index (χ0n) is 22.1. The average molecular weight is 609 g/mol. The van der Waals surface area contributed by atoms with Crippen LogP contribution in [0.15, 0.2) is 39.9 Å².